The Hall–Kier alpha value is -1.88. The maximum absolute atomic E-state index is 12.1. The van der Waals surface area contributed by atoms with Crippen molar-refractivity contribution in [3.63, 3.8) is 0 Å². The molecule has 2 aromatic rings. The van der Waals surface area contributed by atoms with E-state index in [-0.39, 0.29) is 5.56 Å². The molecule has 23 heavy (non-hydrogen) atoms. The predicted octanol–water partition coefficient (Wildman–Crippen LogP) is 2.71. The molecule has 1 N–H and O–H groups in total. The molecular formula is C18H21NO3S. The third-order valence-electron chi connectivity index (χ3n) is 4.37. The Morgan fingerprint density at radius 1 is 1.17 bits per heavy atom. The average molecular weight is 331 g/mol. The molecule has 0 bridgehead atoms. The van der Waals surface area contributed by atoms with Crippen LogP contribution >= 0.6 is 0 Å². The zero-order chi connectivity index (χ0) is 16.4. The Morgan fingerprint density at radius 3 is 2.57 bits per heavy atom. The number of sulfone groups is 1. The van der Waals surface area contributed by atoms with Gasteiger partial charge in [0.2, 0.25) is 5.56 Å². The van der Waals surface area contributed by atoms with Crippen LogP contribution in [0.5, 0.6) is 0 Å². The molecule has 0 atom stereocenters. The molecule has 1 fully saturated rings. The lowest BCUT2D eigenvalue weighted by atomic mass is 9.96. The van der Waals surface area contributed by atoms with Crippen LogP contribution in [0.15, 0.2) is 46.2 Å². The summed E-state index contributed by atoms with van der Waals surface area (Å²) in [5.74, 6) is 0.753. The molecule has 1 heterocycles. The lowest BCUT2D eigenvalue weighted by Gasteiger charge is -2.14. The van der Waals surface area contributed by atoms with Crippen molar-refractivity contribution < 1.29 is 8.42 Å². The van der Waals surface area contributed by atoms with Crippen molar-refractivity contribution in [2.75, 3.05) is 6.26 Å². The van der Waals surface area contributed by atoms with Crippen molar-refractivity contribution in [3.8, 4) is 0 Å². The molecule has 0 unspecified atom stereocenters. The van der Waals surface area contributed by atoms with E-state index in [0.717, 1.165) is 35.4 Å². The molecule has 1 saturated carbocycles. The summed E-state index contributed by atoms with van der Waals surface area (Å²) in [4.78, 5) is 14.3. The Bertz CT molecular complexity index is 844. The van der Waals surface area contributed by atoms with E-state index in [0.29, 0.717) is 11.3 Å². The summed E-state index contributed by atoms with van der Waals surface area (Å²) in [6, 6.07) is 8.78. The van der Waals surface area contributed by atoms with Crippen LogP contribution < -0.4 is 5.56 Å². The number of benzene rings is 1. The molecule has 0 amide bonds. The number of hydrogen-bond donors (Lipinski definition) is 1. The highest BCUT2D eigenvalue weighted by Crippen LogP contribution is 2.35. The molecule has 3 rings (SSSR count). The summed E-state index contributed by atoms with van der Waals surface area (Å²) in [7, 11) is -3.24. The zero-order valence-electron chi connectivity index (χ0n) is 13.2. The maximum Gasteiger partial charge on any atom is 0.247 e. The molecule has 0 spiro atoms. The molecule has 1 aromatic heterocycles. The molecule has 5 heteroatoms. The molecule has 122 valence electrons. The Balaban J connectivity index is 1.96. The Kier molecular flexibility index (Phi) is 4.39. The standard InChI is InChI=1S/C18H21NO3S/c1-23(21,22)17-4-2-3-15(16(17)9-7-13-5-6-13)11-14-8-10-18(20)19-12-14/h2-4,8,10,12-13H,5-7,9,11H2,1H3,(H,19,20). The van der Waals surface area contributed by atoms with Gasteiger partial charge in [0.25, 0.3) is 0 Å². The summed E-state index contributed by atoms with van der Waals surface area (Å²) < 4.78 is 24.2. The van der Waals surface area contributed by atoms with Crippen LogP contribution in [0.3, 0.4) is 0 Å². The molecule has 4 nitrogen and oxygen atoms in total. The summed E-state index contributed by atoms with van der Waals surface area (Å²) in [6.07, 6.45) is 7.96. The summed E-state index contributed by atoms with van der Waals surface area (Å²) in [5, 5.41) is 0. The van der Waals surface area contributed by atoms with Crippen LogP contribution in [0.2, 0.25) is 0 Å². The lowest BCUT2D eigenvalue weighted by molar-refractivity contribution is 0.599. The Morgan fingerprint density at radius 2 is 1.96 bits per heavy atom. The molecule has 1 aromatic carbocycles. The minimum Gasteiger partial charge on any atom is -0.329 e. The van der Waals surface area contributed by atoms with Gasteiger partial charge in [-0.2, -0.15) is 0 Å². The van der Waals surface area contributed by atoms with E-state index in [9.17, 15) is 13.2 Å². The van der Waals surface area contributed by atoms with E-state index >= 15 is 0 Å². The topological polar surface area (TPSA) is 67.0 Å². The zero-order valence-corrected chi connectivity index (χ0v) is 14.0. The summed E-state index contributed by atoms with van der Waals surface area (Å²) in [5.41, 5.74) is 2.81. The monoisotopic (exact) mass is 331 g/mol. The van der Waals surface area contributed by atoms with Gasteiger partial charge in [0.05, 0.1) is 4.90 Å². The summed E-state index contributed by atoms with van der Waals surface area (Å²) >= 11 is 0. The van der Waals surface area contributed by atoms with Crippen molar-refractivity contribution in [1.29, 1.82) is 0 Å². The van der Waals surface area contributed by atoms with Gasteiger partial charge in [0.15, 0.2) is 9.84 Å². The molecule has 1 aliphatic carbocycles. The van der Waals surface area contributed by atoms with Crippen molar-refractivity contribution in [3.05, 3.63) is 63.6 Å². The molecular weight excluding hydrogens is 310 g/mol. The molecule has 0 aliphatic heterocycles. The van der Waals surface area contributed by atoms with E-state index < -0.39 is 9.84 Å². The second kappa shape index (κ2) is 6.32. The largest absolute Gasteiger partial charge is 0.329 e. The first-order valence-corrected chi connectivity index (χ1v) is 9.81. The van der Waals surface area contributed by atoms with Crippen LogP contribution in [0, 0.1) is 5.92 Å². The first-order valence-electron chi connectivity index (χ1n) is 7.92. The molecule has 0 saturated heterocycles. The average Bonchev–Trinajstić information content (AvgIpc) is 3.31. The van der Waals surface area contributed by atoms with Crippen LogP contribution in [-0.4, -0.2) is 19.7 Å². The number of hydrogen-bond acceptors (Lipinski definition) is 3. The van der Waals surface area contributed by atoms with E-state index in [4.69, 9.17) is 0 Å². The minimum atomic E-state index is -3.24. The smallest absolute Gasteiger partial charge is 0.247 e. The van der Waals surface area contributed by atoms with Gasteiger partial charge in [-0.05, 0) is 47.9 Å². The fourth-order valence-corrected chi connectivity index (χ4v) is 3.94. The fraction of sp³-hybridized carbons (Fsp3) is 0.389. The highest BCUT2D eigenvalue weighted by molar-refractivity contribution is 7.90. The quantitative estimate of drug-likeness (QED) is 0.885. The van der Waals surface area contributed by atoms with Crippen molar-refractivity contribution in [1.82, 2.24) is 4.98 Å². The van der Waals surface area contributed by atoms with Gasteiger partial charge in [-0.3, -0.25) is 4.79 Å². The van der Waals surface area contributed by atoms with E-state index in [1.54, 1.807) is 24.4 Å². The van der Waals surface area contributed by atoms with Crippen LogP contribution in [0.1, 0.15) is 36.0 Å². The highest BCUT2D eigenvalue weighted by atomic mass is 32.2. The SMILES string of the molecule is CS(=O)(=O)c1cccc(Cc2ccc(=O)[nH]c2)c1CCC1CC1. The number of aromatic nitrogens is 1. The van der Waals surface area contributed by atoms with Gasteiger partial charge in [-0.25, -0.2) is 8.42 Å². The Labute approximate surface area is 136 Å². The lowest BCUT2D eigenvalue weighted by Crippen LogP contribution is -2.08. The van der Waals surface area contributed by atoms with Gasteiger partial charge in [0.1, 0.15) is 0 Å². The van der Waals surface area contributed by atoms with Crippen molar-refractivity contribution in [2.24, 2.45) is 5.92 Å². The van der Waals surface area contributed by atoms with Crippen LogP contribution in [0.4, 0.5) is 0 Å². The number of rotatable bonds is 6. The number of H-pyrrole nitrogens is 1. The molecule has 0 radical (unpaired) electrons. The van der Waals surface area contributed by atoms with Crippen LogP contribution in [0.25, 0.3) is 0 Å². The second-order valence-electron chi connectivity index (χ2n) is 6.39. The molecule has 1 aliphatic rings. The van der Waals surface area contributed by atoms with E-state index in [1.165, 1.54) is 25.2 Å². The number of nitrogens with one attached hydrogen (secondary N) is 1. The first-order chi connectivity index (χ1) is 10.9. The van der Waals surface area contributed by atoms with Gasteiger partial charge in [-0.1, -0.05) is 31.0 Å². The third-order valence-corrected chi connectivity index (χ3v) is 5.55. The van der Waals surface area contributed by atoms with E-state index in [2.05, 4.69) is 4.98 Å². The van der Waals surface area contributed by atoms with Gasteiger partial charge >= 0.3 is 0 Å². The maximum atomic E-state index is 12.1. The van der Waals surface area contributed by atoms with Gasteiger partial charge in [0, 0.05) is 18.5 Å². The second-order valence-corrected chi connectivity index (χ2v) is 8.37. The first kappa shape index (κ1) is 16.0. The number of pyridine rings is 1. The van der Waals surface area contributed by atoms with Crippen LogP contribution in [-0.2, 0) is 22.7 Å². The number of aromatic amines is 1. The highest BCUT2D eigenvalue weighted by Gasteiger charge is 2.23. The minimum absolute atomic E-state index is 0.132. The van der Waals surface area contributed by atoms with Crippen molar-refractivity contribution in [2.45, 2.75) is 37.0 Å². The van der Waals surface area contributed by atoms with Gasteiger partial charge < -0.3 is 4.98 Å². The fourth-order valence-electron chi connectivity index (χ4n) is 2.94. The summed E-state index contributed by atoms with van der Waals surface area (Å²) in [6.45, 7) is 0. The van der Waals surface area contributed by atoms with Crippen molar-refractivity contribution >= 4 is 9.84 Å². The van der Waals surface area contributed by atoms with Gasteiger partial charge in [-0.15, -0.1) is 0 Å². The third kappa shape index (κ3) is 4.10. The predicted molar refractivity (Wildman–Crippen MR) is 90.5 cm³/mol. The normalized spacial score (nSPS) is 14.8. The van der Waals surface area contributed by atoms with E-state index in [1.807, 2.05) is 6.07 Å².